The van der Waals surface area contributed by atoms with Crippen molar-refractivity contribution in [1.29, 1.82) is 0 Å². The summed E-state index contributed by atoms with van der Waals surface area (Å²) < 4.78 is 0. The molecule has 3 N–H and O–H groups in total. The fourth-order valence-corrected chi connectivity index (χ4v) is 2.69. The SMILES string of the molecule is O=C(CCC1CCNC1)NCC(=O)Nc1cc(Cl)ccc1Cl. The van der Waals surface area contributed by atoms with E-state index in [1.54, 1.807) is 18.2 Å². The lowest BCUT2D eigenvalue weighted by Crippen LogP contribution is -2.33. The molecule has 0 bridgehead atoms. The minimum Gasteiger partial charge on any atom is -0.347 e. The molecule has 120 valence electrons. The zero-order valence-electron chi connectivity index (χ0n) is 12.1. The molecule has 0 radical (unpaired) electrons. The van der Waals surface area contributed by atoms with Crippen LogP contribution in [0.3, 0.4) is 0 Å². The van der Waals surface area contributed by atoms with Gasteiger partial charge in [-0.25, -0.2) is 0 Å². The Morgan fingerprint density at radius 3 is 2.82 bits per heavy atom. The standard InChI is InChI=1S/C15H19Cl2N3O2/c16-11-2-3-12(17)13(7-11)20-15(22)9-19-14(21)4-1-10-5-6-18-8-10/h2-3,7,10,18H,1,4-6,8-9H2,(H,19,21)(H,20,22). The zero-order chi connectivity index (χ0) is 15.9. The topological polar surface area (TPSA) is 70.2 Å². The summed E-state index contributed by atoms with van der Waals surface area (Å²) in [4.78, 5) is 23.5. The number of benzene rings is 1. The lowest BCUT2D eigenvalue weighted by molar-refractivity contribution is -0.124. The van der Waals surface area contributed by atoms with E-state index in [2.05, 4.69) is 16.0 Å². The first-order valence-electron chi connectivity index (χ1n) is 7.27. The minimum absolute atomic E-state index is 0.0788. The van der Waals surface area contributed by atoms with Gasteiger partial charge in [0.2, 0.25) is 11.8 Å². The van der Waals surface area contributed by atoms with Crippen LogP contribution in [-0.2, 0) is 9.59 Å². The van der Waals surface area contributed by atoms with E-state index in [0.717, 1.165) is 25.9 Å². The molecule has 5 nitrogen and oxygen atoms in total. The van der Waals surface area contributed by atoms with Crippen molar-refractivity contribution in [1.82, 2.24) is 10.6 Å². The molecule has 2 amide bonds. The van der Waals surface area contributed by atoms with Gasteiger partial charge in [-0.05, 0) is 50.0 Å². The van der Waals surface area contributed by atoms with Gasteiger partial charge < -0.3 is 16.0 Å². The van der Waals surface area contributed by atoms with Gasteiger partial charge in [-0.2, -0.15) is 0 Å². The Bertz CT molecular complexity index is 546. The lowest BCUT2D eigenvalue weighted by atomic mass is 10.0. The monoisotopic (exact) mass is 343 g/mol. The molecule has 22 heavy (non-hydrogen) atoms. The van der Waals surface area contributed by atoms with Crippen molar-refractivity contribution in [3.05, 3.63) is 28.2 Å². The predicted molar refractivity (Wildman–Crippen MR) is 88.3 cm³/mol. The van der Waals surface area contributed by atoms with E-state index in [-0.39, 0.29) is 18.4 Å². The number of carbonyl (C=O) groups excluding carboxylic acids is 2. The highest BCUT2D eigenvalue weighted by Gasteiger charge is 2.16. The van der Waals surface area contributed by atoms with Crippen molar-refractivity contribution >= 4 is 40.7 Å². The number of hydrogen-bond acceptors (Lipinski definition) is 3. The van der Waals surface area contributed by atoms with Crippen LogP contribution in [-0.4, -0.2) is 31.4 Å². The van der Waals surface area contributed by atoms with Crippen LogP contribution in [0.25, 0.3) is 0 Å². The van der Waals surface area contributed by atoms with E-state index in [9.17, 15) is 9.59 Å². The van der Waals surface area contributed by atoms with Gasteiger partial charge in [0.05, 0.1) is 17.3 Å². The fraction of sp³-hybridized carbons (Fsp3) is 0.467. The van der Waals surface area contributed by atoms with Crippen LogP contribution in [0.15, 0.2) is 18.2 Å². The van der Waals surface area contributed by atoms with Crippen molar-refractivity contribution in [3.8, 4) is 0 Å². The van der Waals surface area contributed by atoms with Crippen molar-refractivity contribution in [2.75, 3.05) is 25.0 Å². The summed E-state index contributed by atoms with van der Waals surface area (Å²) in [6.07, 6.45) is 2.40. The van der Waals surface area contributed by atoms with Gasteiger partial charge in [-0.15, -0.1) is 0 Å². The summed E-state index contributed by atoms with van der Waals surface area (Å²) in [7, 11) is 0. The molecule has 1 aromatic rings. The molecule has 1 aromatic carbocycles. The summed E-state index contributed by atoms with van der Waals surface area (Å²) in [5, 5.41) is 9.38. The van der Waals surface area contributed by atoms with Gasteiger partial charge >= 0.3 is 0 Å². The molecular formula is C15H19Cl2N3O2. The Morgan fingerprint density at radius 1 is 1.27 bits per heavy atom. The number of anilines is 1. The van der Waals surface area contributed by atoms with E-state index in [4.69, 9.17) is 23.2 Å². The molecule has 1 fully saturated rings. The predicted octanol–water partition coefficient (Wildman–Crippen LogP) is 2.44. The molecule has 1 aliphatic heterocycles. The average Bonchev–Trinajstić information content (AvgIpc) is 3.00. The average molecular weight is 344 g/mol. The number of halogens is 2. The van der Waals surface area contributed by atoms with Crippen LogP contribution in [0, 0.1) is 5.92 Å². The molecule has 1 unspecified atom stereocenters. The summed E-state index contributed by atoms with van der Waals surface area (Å²) in [5.41, 5.74) is 0.436. The van der Waals surface area contributed by atoms with E-state index in [1.807, 2.05) is 0 Å². The van der Waals surface area contributed by atoms with Gasteiger partial charge in [-0.1, -0.05) is 23.2 Å². The Labute approximate surface area is 139 Å². The number of hydrogen-bond donors (Lipinski definition) is 3. The van der Waals surface area contributed by atoms with Crippen molar-refractivity contribution in [3.63, 3.8) is 0 Å². The molecule has 0 aliphatic carbocycles. The largest absolute Gasteiger partial charge is 0.347 e. The molecule has 7 heteroatoms. The number of amides is 2. The Hall–Kier alpha value is -1.30. The third-order valence-electron chi connectivity index (χ3n) is 3.59. The van der Waals surface area contributed by atoms with Crippen LogP contribution in [0.5, 0.6) is 0 Å². The second-order valence-corrected chi connectivity index (χ2v) is 6.19. The van der Waals surface area contributed by atoms with Gasteiger partial charge in [0.1, 0.15) is 0 Å². The molecule has 0 aromatic heterocycles. The summed E-state index contributed by atoms with van der Waals surface area (Å²) >= 11 is 11.8. The lowest BCUT2D eigenvalue weighted by Gasteiger charge is -2.10. The quantitative estimate of drug-likeness (QED) is 0.742. The summed E-state index contributed by atoms with van der Waals surface area (Å²) in [5.74, 6) is 0.115. The highest BCUT2D eigenvalue weighted by Crippen LogP contribution is 2.25. The van der Waals surface area contributed by atoms with Crippen molar-refractivity contribution < 1.29 is 9.59 Å². The Kier molecular flexibility index (Phi) is 6.49. The molecule has 1 atom stereocenters. The summed E-state index contributed by atoms with van der Waals surface area (Å²) in [6, 6.07) is 4.81. The van der Waals surface area contributed by atoms with Crippen molar-refractivity contribution in [2.45, 2.75) is 19.3 Å². The first-order valence-corrected chi connectivity index (χ1v) is 8.02. The third-order valence-corrected chi connectivity index (χ3v) is 4.16. The molecular weight excluding hydrogens is 325 g/mol. The molecule has 0 saturated carbocycles. The van der Waals surface area contributed by atoms with E-state index in [1.165, 1.54) is 0 Å². The highest BCUT2D eigenvalue weighted by molar-refractivity contribution is 6.35. The maximum atomic E-state index is 11.8. The number of nitrogens with one attached hydrogen (secondary N) is 3. The van der Waals surface area contributed by atoms with Gasteiger partial charge in [0.25, 0.3) is 0 Å². The van der Waals surface area contributed by atoms with Crippen LogP contribution >= 0.6 is 23.2 Å². The Morgan fingerprint density at radius 2 is 2.09 bits per heavy atom. The second kappa shape index (κ2) is 8.36. The maximum Gasteiger partial charge on any atom is 0.243 e. The maximum absolute atomic E-state index is 11.8. The second-order valence-electron chi connectivity index (χ2n) is 5.35. The highest BCUT2D eigenvalue weighted by atomic mass is 35.5. The normalized spacial score (nSPS) is 17.3. The van der Waals surface area contributed by atoms with E-state index in [0.29, 0.717) is 28.1 Å². The number of rotatable bonds is 6. The van der Waals surface area contributed by atoms with Crippen LogP contribution in [0.4, 0.5) is 5.69 Å². The van der Waals surface area contributed by atoms with Gasteiger partial charge in [-0.3, -0.25) is 9.59 Å². The van der Waals surface area contributed by atoms with Gasteiger partial charge in [0.15, 0.2) is 0 Å². The first-order chi connectivity index (χ1) is 10.5. The molecule has 1 saturated heterocycles. The van der Waals surface area contributed by atoms with Crippen LogP contribution in [0.2, 0.25) is 10.0 Å². The van der Waals surface area contributed by atoms with Crippen molar-refractivity contribution in [2.24, 2.45) is 5.92 Å². The third kappa shape index (κ3) is 5.48. The molecule has 0 spiro atoms. The zero-order valence-corrected chi connectivity index (χ0v) is 13.6. The summed E-state index contributed by atoms with van der Waals surface area (Å²) in [6.45, 7) is 1.92. The van der Waals surface area contributed by atoms with Crippen LogP contribution in [0.1, 0.15) is 19.3 Å². The van der Waals surface area contributed by atoms with Gasteiger partial charge in [0, 0.05) is 11.4 Å². The van der Waals surface area contributed by atoms with E-state index < -0.39 is 0 Å². The smallest absolute Gasteiger partial charge is 0.243 e. The fourth-order valence-electron chi connectivity index (χ4n) is 2.35. The number of carbonyl (C=O) groups is 2. The first kappa shape index (κ1) is 17.1. The van der Waals surface area contributed by atoms with E-state index >= 15 is 0 Å². The molecule has 1 heterocycles. The molecule has 2 rings (SSSR count). The Balaban J connectivity index is 1.70. The molecule has 1 aliphatic rings. The minimum atomic E-state index is -0.333. The van der Waals surface area contributed by atoms with Crippen LogP contribution < -0.4 is 16.0 Å².